The minimum Gasteiger partial charge on any atom is -0.369 e. The second-order valence-corrected chi connectivity index (χ2v) is 4.18. The largest absolute Gasteiger partial charge is 0.369 e. The molecule has 1 aliphatic carbocycles. The normalized spacial score (nSPS) is 26.5. The van der Waals surface area contributed by atoms with Crippen molar-refractivity contribution in [3.05, 3.63) is 33.9 Å². The molecule has 0 aromatic heterocycles. The van der Waals surface area contributed by atoms with E-state index < -0.39 is 28.2 Å². The third kappa shape index (κ3) is 2.11. The second-order valence-electron chi connectivity index (χ2n) is 4.18. The van der Waals surface area contributed by atoms with Crippen molar-refractivity contribution in [1.82, 2.24) is 0 Å². The van der Waals surface area contributed by atoms with Gasteiger partial charge >= 0.3 is 0 Å². The van der Waals surface area contributed by atoms with Crippen molar-refractivity contribution in [3.8, 4) is 0 Å². The van der Waals surface area contributed by atoms with Gasteiger partial charge in [-0.25, -0.2) is 0 Å². The lowest BCUT2D eigenvalue weighted by molar-refractivity contribution is -0.562. The van der Waals surface area contributed by atoms with Crippen molar-refractivity contribution in [2.24, 2.45) is 17.4 Å². The van der Waals surface area contributed by atoms with Crippen LogP contribution >= 0.6 is 0 Å². The Morgan fingerprint density at radius 2 is 2.11 bits per heavy atom. The number of allylic oxidation sites excluding steroid dienone is 2. The Kier molecular flexibility index (Phi) is 3.85. The van der Waals surface area contributed by atoms with E-state index in [9.17, 15) is 19.7 Å². The molecular formula is C11H15N3O4. The highest BCUT2D eigenvalue weighted by atomic mass is 16.6. The predicted molar refractivity (Wildman–Crippen MR) is 63.7 cm³/mol. The van der Waals surface area contributed by atoms with Gasteiger partial charge in [-0.15, -0.1) is 0 Å². The topological polar surface area (TPSA) is 129 Å². The van der Waals surface area contributed by atoms with Crippen LogP contribution in [-0.2, 0) is 9.59 Å². The number of nitro groups is 1. The van der Waals surface area contributed by atoms with E-state index in [2.05, 4.69) is 0 Å². The molecule has 7 nitrogen and oxygen atoms in total. The molecule has 0 spiro atoms. The minimum atomic E-state index is -1.68. The first-order valence-corrected chi connectivity index (χ1v) is 5.50. The molecule has 0 fully saturated rings. The maximum Gasteiger partial charge on any atom is 0.256 e. The van der Waals surface area contributed by atoms with Gasteiger partial charge in [0.2, 0.25) is 11.8 Å². The summed E-state index contributed by atoms with van der Waals surface area (Å²) in [5.41, 5.74) is 8.56. The number of nitrogens with zero attached hydrogens (tertiary/aromatic N) is 1. The zero-order valence-electron chi connectivity index (χ0n) is 9.96. The lowest BCUT2D eigenvalue weighted by atomic mass is 9.73. The fourth-order valence-corrected chi connectivity index (χ4v) is 2.29. The molecule has 1 rings (SSSR count). The summed E-state index contributed by atoms with van der Waals surface area (Å²) in [7, 11) is 0. The molecule has 98 valence electrons. The van der Waals surface area contributed by atoms with Crippen molar-refractivity contribution in [2.45, 2.75) is 25.3 Å². The molecule has 0 heterocycles. The Hall–Kier alpha value is -2.18. The van der Waals surface area contributed by atoms with Gasteiger partial charge in [-0.3, -0.25) is 19.7 Å². The summed E-state index contributed by atoms with van der Waals surface area (Å²) in [6.07, 6.45) is 4.56. The van der Waals surface area contributed by atoms with E-state index in [1.807, 2.05) is 0 Å². The molecule has 0 aromatic rings. The third-order valence-electron chi connectivity index (χ3n) is 3.03. The average molecular weight is 253 g/mol. The van der Waals surface area contributed by atoms with Crippen LogP contribution in [0, 0.1) is 16.0 Å². The molecule has 0 bridgehead atoms. The van der Waals surface area contributed by atoms with Gasteiger partial charge in [-0.2, -0.15) is 0 Å². The molecule has 0 aliphatic heterocycles. The molecule has 0 radical (unpaired) electrons. The van der Waals surface area contributed by atoms with E-state index in [-0.39, 0.29) is 12.0 Å². The van der Waals surface area contributed by atoms with Crippen molar-refractivity contribution >= 4 is 11.8 Å². The highest BCUT2D eigenvalue weighted by molar-refractivity contribution is 6.00. The van der Waals surface area contributed by atoms with Crippen LogP contribution in [0.25, 0.3) is 0 Å². The van der Waals surface area contributed by atoms with Gasteiger partial charge in [0.05, 0.1) is 0 Å². The number of primary amides is 2. The highest BCUT2D eigenvalue weighted by Gasteiger charge is 2.54. The Labute approximate surface area is 104 Å². The summed E-state index contributed by atoms with van der Waals surface area (Å²) in [6.45, 7) is 1.75. The number of amides is 2. The van der Waals surface area contributed by atoms with E-state index in [1.165, 1.54) is 18.2 Å². The van der Waals surface area contributed by atoms with E-state index in [0.29, 0.717) is 6.42 Å². The summed E-state index contributed by atoms with van der Waals surface area (Å²) < 4.78 is 0. The molecule has 2 amide bonds. The Balaban J connectivity index is 3.38. The van der Waals surface area contributed by atoms with Crippen LogP contribution in [-0.4, -0.2) is 22.3 Å². The van der Waals surface area contributed by atoms with E-state index in [0.717, 1.165) is 0 Å². The first-order valence-electron chi connectivity index (χ1n) is 5.50. The number of rotatable bonds is 5. The fraction of sp³-hybridized carbons (Fsp3) is 0.455. The smallest absolute Gasteiger partial charge is 0.256 e. The van der Waals surface area contributed by atoms with Crippen LogP contribution in [0.4, 0.5) is 0 Å². The first kappa shape index (κ1) is 13.9. The number of hydrogen-bond donors (Lipinski definition) is 2. The fourth-order valence-electron chi connectivity index (χ4n) is 2.29. The molecule has 4 N–H and O–H groups in total. The van der Waals surface area contributed by atoms with Crippen LogP contribution in [0.3, 0.4) is 0 Å². The molecule has 1 aliphatic rings. The first-order chi connectivity index (χ1) is 8.36. The molecule has 2 unspecified atom stereocenters. The minimum absolute atomic E-state index is 0.106. The van der Waals surface area contributed by atoms with Crippen LogP contribution in [0.1, 0.15) is 19.8 Å². The Bertz CT molecular complexity index is 455. The molecular weight excluding hydrogens is 238 g/mol. The monoisotopic (exact) mass is 253 g/mol. The van der Waals surface area contributed by atoms with Gasteiger partial charge < -0.3 is 11.5 Å². The van der Waals surface area contributed by atoms with Gasteiger partial charge in [-0.1, -0.05) is 19.1 Å². The lowest BCUT2D eigenvalue weighted by Crippen LogP contribution is -2.53. The van der Waals surface area contributed by atoms with Gasteiger partial charge in [0, 0.05) is 16.9 Å². The molecule has 0 saturated carbocycles. The number of carbonyl (C=O) groups excluding carboxylic acids is 2. The van der Waals surface area contributed by atoms with Crippen molar-refractivity contribution in [3.63, 3.8) is 0 Å². The number of hydrogen-bond acceptors (Lipinski definition) is 4. The van der Waals surface area contributed by atoms with E-state index in [4.69, 9.17) is 11.5 Å². The summed E-state index contributed by atoms with van der Waals surface area (Å²) in [4.78, 5) is 33.5. The van der Waals surface area contributed by atoms with Gasteiger partial charge in [0.1, 0.15) is 5.92 Å². The standard InChI is InChI=1S/C11H15N3O4/c1-2-5-11(14(17)18)6-3-4-7(9(12)15)8(11)10(13)16/h3-4,6,8H,2,5H2,1H3,(H2,12,15)(H2,13,16). The number of carbonyl (C=O) groups is 2. The zero-order valence-corrected chi connectivity index (χ0v) is 9.96. The second kappa shape index (κ2) is 4.99. The average Bonchev–Trinajstić information content (AvgIpc) is 2.28. The van der Waals surface area contributed by atoms with Crippen LogP contribution in [0.15, 0.2) is 23.8 Å². The summed E-state index contributed by atoms with van der Waals surface area (Å²) in [5, 5.41) is 11.3. The lowest BCUT2D eigenvalue weighted by Gasteiger charge is -2.31. The van der Waals surface area contributed by atoms with Crippen LogP contribution < -0.4 is 11.5 Å². The summed E-state index contributed by atoms with van der Waals surface area (Å²) in [5.74, 6) is -3.12. The van der Waals surface area contributed by atoms with Crippen molar-refractivity contribution in [1.29, 1.82) is 0 Å². The molecule has 18 heavy (non-hydrogen) atoms. The molecule has 7 heteroatoms. The van der Waals surface area contributed by atoms with Gasteiger partial charge in [0.25, 0.3) is 5.54 Å². The van der Waals surface area contributed by atoms with Crippen molar-refractivity contribution in [2.75, 3.05) is 0 Å². The van der Waals surface area contributed by atoms with Crippen LogP contribution in [0.2, 0.25) is 0 Å². The molecule has 0 aromatic carbocycles. The van der Waals surface area contributed by atoms with Crippen LogP contribution in [0.5, 0.6) is 0 Å². The van der Waals surface area contributed by atoms with Gasteiger partial charge in [0.15, 0.2) is 0 Å². The predicted octanol–water partition coefficient (Wildman–Crippen LogP) is -0.115. The van der Waals surface area contributed by atoms with Crippen molar-refractivity contribution < 1.29 is 14.5 Å². The summed E-state index contributed by atoms with van der Waals surface area (Å²) >= 11 is 0. The number of nitrogens with two attached hydrogens (primary N) is 2. The summed E-state index contributed by atoms with van der Waals surface area (Å²) in [6, 6.07) is 0. The maximum absolute atomic E-state index is 11.5. The maximum atomic E-state index is 11.5. The van der Waals surface area contributed by atoms with Gasteiger partial charge in [-0.05, 0) is 12.5 Å². The SMILES string of the molecule is CCCC1([N+](=O)[O-])C=CC=C(C(N)=O)C1C(N)=O. The Morgan fingerprint density at radius 3 is 2.50 bits per heavy atom. The van der Waals surface area contributed by atoms with E-state index in [1.54, 1.807) is 6.92 Å². The Morgan fingerprint density at radius 1 is 1.50 bits per heavy atom. The molecule has 2 atom stereocenters. The zero-order chi connectivity index (χ0) is 13.9. The van der Waals surface area contributed by atoms with E-state index >= 15 is 0 Å². The molecule has 0 saturated heterocycles. The quantitative estimate of drug-likeness (QED) is 0.522. The highest BCUT2D eigenvalue weighted by Crippen LogP contribution is 2.36. The third-order valence-corrected chi connectivity index (χ3v) is 3.03.